The van der Waals surface area contributed by atoms with Crippen LogP contribution in [0.5, 0.6) is 0 Å². The van der Waals surface area contributed by atoms with Gasteiger partial charge < -0.3 is 16.4 Å². The first-order valence-corrected chi connectivity index (χ1v) is 11.1. The van der Waals surface area contributed by atoms with Gasteiger partial charge in [0.15, 0.2) is 0 Å². The fourth-order valence-electron chi connectivity index (χ4n) is 3.23. The van der Waals surface area contributed by atoms with Crippen molar-refractivity contribution in [3.8, 4) is 6.07 Å². The first kappa shape index (κ1) is 26.8. The van der Waals surface area contributed by atoms with E-state index in [9.17, 15) is 9.65 Å². The molecular formula is C28H31FN6. The molecular weight excluding hydrogens is 439 g/mol. The summed E-state index contributed by atoms with van der Waals surface area (Å²) < 4.78 is 13.6. The molecule has 0 unspecified atom stereocenters. The number of rotatable bonds is 13. The summed E-state index contributed by atoms with van der Waals surface area (Å²) in [5, 5.41) is 23.4. The SMILES string of the molecule is C=CNC/C(=C\Cc1ccc(CN/C(C)=C(/C=C(/C#N)C=C)Cc2cncc(F)c2)cc1)C(=N)N. The number of pyridine rings is 1. The quantitative estimate of drug-likeness (QED) is 0.148. The maximum absolute atomic E-state index is 13.6. The average molecular weight is 471 g/mol. The molecule has 0 atom stereocenters. The van der Waals surface area contributed by atoms with Crippen molar-refractivity contribution in [1.82, 2.24) is 15.6 Å². The Kier molecular flexibility index (Phi) is 10.7. The Hall–Kier alpha value is -4.44. The number of aromatic nitrogens is 1. The molecule has 1 heterocycles. The van der Waals surface area contributed by atoms with E-state index < -0.39 is 5.82 Å². The van der Waals surface area contributed by atoms with Crippen molar-refractivity contribution in [2.75, 3.05) is 6.54 Å². The molecule has 6 nitrogen and oxygen atoms in total. The van der Waals surface area contributed by atoms with Crippen molar-refractivity contribution in [2.24, 2.45) is 5.73 Å². The predicted octanol–water partition coefficient (Wildman–Crippen LogP) is 4.60. The molecule has 0 bridgehead atoms. The largest absolute Gasteiger partial charge is 0.387 e. The summed E-state index contributed by atoms with van der Waals surface area (Å²) in [7, 11) is 0. The third kappa shape index (κ3) is 9.14. The summed E-state index contributed by atoms with van der Waals surface area (Å²) in [6.07, 6.45) is 10.6. The minimum Gasteiger partial charge on any atom is -0.387 e. The molecule has 180 valence electrons. The Labute approximate surface area is 206 Å². The Balaban J connectivity index is 2.13. The van der Waals surface area contributed by atoms with Crippen molar-refractivity contribution in [1.29, 1.82) is 10.7 Å². The van der Waals surface area contributed by atoms with E-state index in [1.807, 2.05) is 37.3 Å². The summed E-state index contributed by atoms with van der Waals surface area (Å²) in [4.78, 5) is 3.91. The van der Waals surface area contributed by atoms with E-state index in [4.69, 9.17) is 11.1 Å². The van der Waals surface area contributed by atoms with E-state index in [2.05, 4.69) is 34.8 Å². The van der Waals surface area contributed by atoms with E-state index in [0.29, 0.717) is 37.1 Å². The van der Waals surface area contributed by atoms with Crippen LogP contribution in [0.25, 0.3) is 0 Å². The zero-order chi connectivity index (χ0) is 25.6. The Morgan fingerprint density at radius 2 is 1.91 bits per heavy atom. The first-order valence-electron chi connectivity index (χ1n) is 11.1. The summed E-state index contributed by atoms with van der Waals surface area (Å²) in [5.41, 5.74) is 11.4. The van der Waals surface area contributed by atoms with Gasteiger partial charge in [0, 0.05) is 37.0 Å². The van der Waals surface area contributed by atoms with Gasteiger partial charge in [-0.25, -0.2) is 4.39 Å². The van der Waals surface area contributed by atoms with Crippen LogP contribution in [0.4, 0.5) is 4.39 Å². The molecule has 5 N–H and O–H groups in total. The second kappa shape index (κ2) is 14.0. The fraction of sp³-hybridized carbons (Fsp3) is 0.179. The molecule has 0 saturated carbocycles. The third-order valence-electron chi connectivity index (χ3n) is 5.26. The molecule has 0 radical (unpaired) electrons. The van der Waals surface area contributed by atoms with Crippen LogP contribution in [-0.4, -0.2) is 17.4 Å². The van der Waals surface area contributed by atoms with Crippen LogP contribution in [0.3, 0.4) is 0 Å². The standard InChI is InChI=1S/C28H31FN6/c1-4-21(15-30)12-26(13-24-14-27(29)19-34-16-24)20(3)35-17-23-8-6-22(7-9-23)10-11-25(28(31)32)18-33-5-2/h4-9,11-12,14,16,19,33,35H,1-2,10,13,17-18H2,3H3,(H3,31,32)/b21-12+,25-11+,26-20-. The zero-order valence-corrected chi connectivity index (χ0v) is 19.9. The maximum Gasteiger partial charge on any atom is 0.141 e. The van der Waals surface area contributed by atoms with Crippen LogP contribution in [0.2, 0.25) is 0 Å². The van der Waals surface area contributed by atoms with Crippen LogP contribution in [0.1, 0.15) is 23.6 Å². The van der Waals surface area contributed by atoms with Gasteiger partial charge in [0.1, 0.15) is 11.7 Å². The van der Waals surface area contributed by atoms with E-state index in [1.54, 1.807) is 18.5 Å². The second-order valence-electron chi connectivity index (χ2n) is 7.86. The van der Waals surface area contributed by atoms with Gasteiger partial charge >= 0.3 is 0 Å². The third-order valence-corrected chi connectivity index (χ3v) is 5.26. The average Bonchev–Trinajstić information content (AvgIpc) is 2.85. The number of allylic oxidation sites excluding steroid dienone is 6. The number of halogens is 1. The molecule has 0 aliphatic carbocycles. The van der Waals surface area contributed by atoms with Crippen LogP contribution >= 0.6 is 0 Å². The van der Waals surface area contributed by atoms with Crippen LogP contribution in [0.15, 0.2) is 103 Å². The molecule has 0 fully saturated rings. The fourth-order valence-corrected chi connectivity index (χ4v) is 3.23. The smallest absolute Gasteiger partial charge is 0.141 e. The highest BCUT2D eigenvalue weighted by molar-refractivity contribution is 5.94. The lowest BCUT2D eigenvalue weighted by Gasteiger charge is -2.13. The van der Waals surface area contributed by atoms with Gasteiger partial charge in [0.05, 0.1) is 17.8 Å². The van der Waals surface area contributed by atoms with Crippen molar-refractivity contribution in [3.63, 3.8) is 0 Å². The zero-order valence-electron chi connectivity index (χ0n) is 19.9. The lowest BCUT2D eigenvalue weighted by Crippen LogP contribution is -2.21. The molecule has 2 aromatic rings. The van der Waals surface area contributed by atoms with Crippen molar-refractivity contribution >= 4 is 5.84 Å². The molecule has 7 heteroatoms. The summed E-state index contributed by atoms with van der Waals surface area (Å²) in [5.74, 6) is -0.361. The van der Waals surface area contributed by atoms with E-state index in [0.717, 1.165) is 34.2 Å². The first-order chi connectivity index (χ1) is 16.9. The summed E-state index contributed by atoms with van der Waals surface area (Å²) in [6, 6.07) is 11.7. The molecule has 0 spiro atoms. The Morgan fingerprint density at radius 3 is 2.51 bits per heavy atom. The number of nitriles is 1. The summed E-state index contributed by atoms with van der Waals surface area (Å²) >= 11 is 0. The maximum atomic E-state index is 13.6. The van der Waals surface area contributed by atoms with Crippen LogP contribution in [0, 0.1) is 22.6 Å². The van der Waals surface area contributed by atoms with Crippen molar-refractivity contribution in [2.45, 2.75) is 26.3 Å². The predicted molar refractivity (Wildman–Crippen MR) is 140 cm³/mol. The van der Waals surface area contributed by atoms with Crippen molar-refractivity contribution in [3.05, 3.63) is 125 Å². The molecule has 0 saturated heterocycles. The lowest BCUT2D eigenvalue weighted by atomic mass is 10.0. The van der Waals surface area contributed by atoms with Gasteiger partial charge in [-0.2, -0.15) is 5.26 Å². The minimum absolute atomic E-state index is 0.0392. The van der Waals surface area contributed by atoms with Crippen LogP contribution in [-0.2, 0) is 19.4 Å². The Morgan fingerprint density at radius 1 is 1.20 bits per heavy atom. The topological polar surface area (TPSA) is 111 Å². The summed E-state index contributed by atoms with van der Waals surface area (Å²) in [6.45, 7) is 10.3. The van der Waals surface area contributed by atoms with Gasteiger partial charge in [-0.05, 0) is 54.0 Å². The normalized spacial score (nSPS) is 12.3. The molecule has 2 rings (SSSR count). The lowest BCUT2D eigenvalue weighted by molar-refractivity contribution is 0.619. The molecule has 0 amide bonds. The van der Waals surface area contributed by atoms with E-state index >= 15 is 0 Å². The highest BCUT2D eigenvalue weighted by atomic mass is 19.1. The van der Waals surface area contributed by atoms with Gasteiger partial charge in [-0.15, -0.1) is 0 Å². The molecule has 1 aromatic heterocycles. The molecule has 35 heavy (non-hydrogen) atoms. The molecule has 0 aliphatic rings. The number of nitrogens with zero attached hydrogens (tertiary/aromatic N) is 2. The van der Waals surface area contributed by atoms with Gasteiger partial charge in [-0.1, -0.05) is 49.6 Å². The number of nitrogens with two attached hydrogens (primary N) is 1. The highest BCUT2D eigenvalue weighted by Gasteiger charge is 2.06. The van der Waals surface area contributed by atoms with Gasteiger partial charge in [0.2, 0.25) is 0 Å². The van der Waals surface area contributed by atoms with Gasteiger partial charge in [-0.3, -0.25) is 10.4 Å². The minimum atomic E-state index is -0.400. The molecule has 1 aromatic carbocycles. The molecule has 0 aliphatic heterocycles. The Bertz CT molecular complexity index is 1180. The second-order valence-corrected chi connectivity index (χ2v) is 7.86. The van der Waals surface area contributed by atoms with E-state index in [-0.39, 0.29) is 5.84 Å². The number of hydrogen-bond acceptors (Lipinski definition) is 5. The number of nitrogens with one attached hydrogen (secondary N) is 3. The van der Waals surface area contributed by atoms with Gasteiger partial charge in [0.25, 0.3) is 0 Å². The monoisotopic (exact) mass is 470 g/mol. The number of amidine groups is 1. The highest BCUT2D eigenvalue weighted by Crippen LogP contribution is 2.16. The van der Waals surface area contributed by atoms with E-state index in [1.165, 1.54) is 12.1 Å². The van der Waals surface area contributed by atoms with Crippen molar-refractivity contribution < 1.29 is 4.39 Å². The number of benzene rings is 1. The van der Waals surface area contributed by atoms with Crippen LogP contribution < -0.4 is 16.4 Å². The number of hydrogen-bond donors (Lipinski definition) is 4.